The summed E-state index contributed by atoms with van der Waals surface area (Å²) in [7, 11) is 0. The fraction of sp³-hybridized carbons (Fsp3) is 0.267. The van der Waals surface area contributed by atoms with Crippen LogP contribution in [0.4, 0.5) is 0 Å². The van der Waals surface area contributed by atoms with Crippen molar-refractivity contribution in [3.63, 3.8) is 0 Å². The van der Waals surface area contributed by atoms with E-state index in [1.807, 2.05) is 31.2 Å². The van der Waals surface area contributed by atoms with E-state index in [9.17, 15) is 14.4 Å². The third-order valence-electron chi connectivity index (χ3n) is 2.88. The zero-order valence-electron chi connectivity index (χ0n) is 11.7. The van der Waals surface area contributed by atoms with Gasteiger partial charge in [-0.2, -0.15) is 0 Å². The van der Waals surface area contributed by atoms with E-state index in [-0.39, 0.29) is 19.0 Å². The van der Waals surface area contributed by atoms with E-state index < -0.39 is 11.8 Å². The van der Waals surface area contributed by atoms with Crippen molar-refractivity contribution in [2.75, 3.05) is 19.7 Å². The van der Waals surface area contributed by atoms with Crippen molar-refractivity contribution >= 4 is 23.8 Å². The van der Waals surface area contributed by atoms with Crippen LogP contribution in [0, 0.1) is 0 Å². The van der Waals surface area contributed by atoms with Crippen molar-refractivity contribution in [1.82, 2.24) is 10.2 Å². The van der Waals surface area contributed by atoms with Gasteiger partial charge in [0.15, 0.2) is 0 Å². The Morgan fingerprint density at radius 1 is 1.29 bits per heavy atom. The molecule has 0 atom stereocenters. The molecule has 0 saturated carbocycles. The van der Waals surface area contributed by atoms with E-state index in [2.05, 4.69) is 5.32 Å². The summed E-state index contributed by atoms with van der Waals surface area (Å²) in [6.07, 6.45) is 2.95. The monoisotopic (exact) mass is 288 g/mol. The number of nitrogens with zero attached hydrogens (tertiary/aromatic N) is 1. The number of imide groups is 1. The van der Waals surface area contributed by atoms with Crippen molar-refractivity contribution in [2.24, 2.45) is 0 Å². The molecule has 21 heavy (non-hydrogen) atoms. The van der Waals surface area contributed by atoms with Crippen LogP contribution in [0.15, 0.2) is 30.3 Å². The first-order valence-corrected chi connectivity index (χ1v) is 6.61. The lowest BCUT2D eigenvalue weighted by atomic mass is 10.2. The van der Waals surface area contributed by atoms with Gasteiger partial charge in [-0.15, -0.1) is 0 Å². The summed E-state index contributed by atoms with van der Waals surface area (Å²) in [5, 5.41) is 2.15. The van der Waals surface area contributed by atoms with Crippen LogP contribution in [0.1, 0.15) is 12.5 Å². The number of amides is 3. The maximum absolute atomic E-state index is 12.0. The van der Waals surface area contributed by atoms with Crippen LogP contribution in [0.25, 0.3) is 6.08 Å². The molecule has 1 saturated heterocycles. The molecular formula is C15H16N2O4. The molecule has 0 radical (unpaired) electrons. The number of carbonyl (C=O) groups excluding carboxylic acids is 3. The van der Waals surface area contributed by atoms with Crippen LogP contribution >= 0.6 is 0 Å². The highest BCUT2D eigenvalue weighted by Crippen LogP contribution is 2.19. The largest absolute Gasteiger partial charge is 0.493 e. The van der Waals surface area contributed by atoms with Gasteiger partial charge in [0, 0.05) is 11.6 Å². The Labute approximate surface area is 122 Å². The number of nitrogens with one attached hydrogen (secondary N) is 1. The fourth-order valence-electron chi connectivity index (χ4n) is 1.96. The summed E-state index contributed by atoms with van der Waals surface area (Å²) >= 11 is 0. The zero-order valence-corrected chi connectivity index (χ0v) is 11.7. The third kappa shape index (κ3) is 3.92. The molecule has 1 aromatic carbocycles. The Kier molecular flexibility index (Phi) is 4.71. The van der Waals surface area contributed by atoms with Crippen LogP contribution in [-0.4, -0.2) is 42.3 Å². The van der Waals surface area contributed by atoms with Gasteiger partial charge in [0.25, 0.3) is 0 Å². The molecule has 0 aromatic heterocycles. The standard InChI is InChI=1S/C15H16N2O4/c1-2-21-12-6-4-3-5-11(12)7-8-15(20)17-9-13(18)16-14(19)10-17/h3-8H,2,9-10H2,1H3,(H,16,18,19). The molecule has 6 nitrogen and oxygen atoms in total. The fourth-order valence-corrected chi connectivity index (χ4v) is 1.96. The number of ether oxygens (including phenoxy) is 1. The first-order valence-electron chi connectivity index (χ1n) is 6.61. The molecule has 0 spiro atoms. The maximum Gasteiger partial charge on any atom is 0.247 e. The number of rotatable bonds is 4. The molecule has 1 heterocycles. The second-order valence-corrected chi connectivity index (χ2v) is 4.47. The van der Waals surface area contributed by atoms with Crippen molar-refractivity contribution in [3.05, 3.63) is 35.9 Å². The van der Waals surface area contributed by atoms with Gasteiger partial charge in [-0.25, -0.2) is 0 Å². The number of hydrogen-bond acceptors (Lipinski definition) is 4. The molecule has 1 aliphatic rings. The van der Waals surface area contributed by atoms with Crippen LogP contribution in [0.5, 0.6) is 5.75 Å². The van der Waals surface area contributed by atoms with Gasteiger partial charge < -0.3 is 9.64 Å². The molecule has 1 aromatic rings. The highest BCUT2D eigenvalue weighted by atomic mass is 16.5. The maximum atomic E-state index is 12.0. The van der Waals surface area contributed by atoms with E-state index in [1.165, 1.54) is 11.0 Å². The Bertz CT molecular complexity index is 579. The summed E-state index contributed by atoms with van der Waals surface area (Å²) in [4.78, 5) is 35.7. The van der Waals surface area contributed by atoms with Crippen LogP contribution in [0.3, 0.4) is 0 Å². The van der Waals surface area contributed by atoms with E-state index in [0.717, 1.165) is 5.56 Å². The minimum atomic E-state index is -0.470. The second kappa shape index (κ2) is 6.69. The lowest BCUT2D eigenvalue weighted by molar-refractivity contribution is -0.143. The van der Waals surface area contributed by atoms with Gasteiger partial charge in [0.2, 0.25) is 17.7 Å². The summed E-state index contributed by atoms with van der Waals surface area (Å²) in [6.45, 7) is 2.19. The van der Waals surface area contributed by atoms with Crippen molar-refractivity contribution < 1.29 is 19.1 Å². The molecule has 1 N–H and O–H groups in total. The van der Waals surface area contributed by atoms with Crippen LogP contribution < -0.4 is 10.1 Å². The molecule has 0 bridgehead atoms. The summed E-state index contributed by atoms with van der Waals surface area (Å²) in [6, 6.07) is 7.32. The highest BCUT2D eigenvalue weighted by molar-refractivity contribution is 6.04. The molecule has 1 aliphatic heterocycles. The Morgan fingerprint density at radius 3 is 2.62 bits per heavy atom. The molecule has 0 aliphatic carbocycles. The summed E-state index contributed by atoms with van der Waals surface area (Å²) in [5.41, 5.74) is 0.764. The number of carbonyl (C=O) groups is 3. The van der Waals surface area contributed by atoms with Gasteiger partial charge in [-0.1, -0.05) is 18.2 Å². The second-order valence-electron chi connectivity index (χ2n) is 4.47. The zero-order chi connectivity index (χ0) is 15.2. The van der Waals surface area contributed by atoms with Crippen molar-refractivity contribution in [2.45, 2.75) is 6.92 Å². The van der Waals surface area contributed by atoms with Gasteiger partial charge >= 0.3 is 0 Å². The van der Waals surface area contributed by atoms with E-state index in [4.69, 9.17) is 4.74 Å². The van der Waals surface area contributed by atoms with Crippen LogP contribution in [-0.2, 0) is 14.4 Å². The average Bonchev–Trinajstić information content (AvgIpc) is 2.45. The van der Waals surface area contributed by atoms with Gasteiger partial charge in [0.1, 0.15) is 18.8 Å². The first kappa shape index (κ1) is 14.8. The topological polar surface area (TPSA) is 75.7 Å². The SMILES string of the molecule is CCOc1ccccc1C=CC(=O)N1CC(=O)NC(=O)C1. The van der Waals surface area contributed by atoms with E-state index in [1.54, 1.807) is 6.08 Å². The van der Waals surface area contributed by atoms with Crippen molar-refractivity contribution in [1.29, 1.82) is 0 Å². The van der Waals surface area contributed by atoms with Gasteiger partial charge in [0.05, 0.1) is 6.61 Å². The highest BCUT2D eigenvalue weighted by Gasteiger charge is 2.24. The number of para-hydroxylation sites is 1. The summed E-state index contributed by atoms with van der Waals surface area (Å²) in [5.74, 6) is -0.647. The number of benzene rings is 1. The molecule has 3 amide bonds. The molecule has 2 rings (SSSR count). The van der Waals surface area contributed by atoms with E-state index >= 15 is 0 Å². The summed E-state index contributed by atoms with van der Waals surface area (Å²) < 4.78 is 5.45. The number of piperazine rings is 1. The van der Waals surface area contributed by atoms with E-state index in [0.29, 0.717) is 12.4 Å². The normalized spacial score (nSPS) is 15.2. The minimum absolute atomic E-state index is 0.109. The smallest absolute Gasteiger partial charge is 0.247 e. The molecule has 6 heteroatoms. The predicted molar refractivity (Wildman–Crippen MR) is 76.4 cm³/mol. The molecule has 0 unspecified atom stereocenters. The van der Waals surface area contributed by atoms with Gasteiger partial charge in [-0.05, 0) is 19.1 Å². The molecular weight excluding hydrogens is 272 g/mol. The average molecular weight is 288 g/mol. The number of hydrogen-bond donors (Lipinski definition) is 1. The molecule has 110 valence electrons. The molecule has 1 fully saturated rings. The third-order valence-corrected chi connectivity index (χ3v) is 2.88. The predicted octanol–water partition coefficient (Wildman–Crippen LogP) is 0.583. The Balaban J connectivity index is 2.08. The Morgan fingerprint density at radius 2 is 1.95 bits per heavy atom. The van der Waals surface area contributed by atoms with Crippen molar-refractivity contribution in [3.8, 4) is 5.75 Å². The lowest BCUT2D eigenvalue weighted by Gasteiger charge is -2.24. The minimum Gasteiger partial charge on any atom is -0.493 e. The first-order chi connectivity index (χ1) is 10.1. The Hall–Kier alpha value is -2.63. The quantitative estimate of drug-likeness (QED) is 0.649. The lowest BCUT2D eigenvalue weighted by Crippen LogP contribution is -2.52. The van der Waals surface area contributed by atoms with Crippen LogP contribution in [0.2, 0.25) is 0 Å². The van der Waals surface area contributed by atoms with Gasteiger partial charge in [-0.3, -0.25) is 19.7 Å².